The van der Waals surface area contributed by atoms with Gasteiger partial charge in [0.25, 0.3) is 0 Å². The van der Waals surface area contributed by atoms with Gasteiger partial charge in [-0.25, -0.2) is 0 Å². The van der Waals surface area contributed by atoms with Crippen molar-refractivity contribution in [3.63, 3.8) is 0 Å². The topological polar surface area (TPSA) is 58.4 Å². The number of rotatable bonds is 7. The molecule has 122 valence electrons. The van der Waals surface area contributed by atoms with Crippen molar-refractivity contribution in [3.05, 3.63) is 64.7 Å². The van der Waals surface area contributed by atoms with Crippen molar-refractivity contribution in [1.29, 1.82) is 0 Å². The predicted molar refractivity (Wildman–Crippen MR) is 95.6 cm³/mol. The van der Waals surface area contributed by atoms with Crippen LogP contribution in [0.15, 0.2) is 48.5 Å². The van der Waals surface area contributed by atoms with E-state index in [0.29, 0.717) is 31.2 Å². The summed E-state index contributed by atoms with van der Waals surface area (Å²) < 4.78 is 0. The number of nitrogens with two attached hydrogens (primary N) is 1. The lowest BCUT2D eigenvalue weighted by Crippen LogP contribution is -2.36. The third kappa shape index (κ3) is 5.67. The molecule has 0 aliphatic rings. The standard InChI is InChI=1S/C18H22ClN3O/c1-14-11-16(19)7-8-17(14)21-18(23)13-22(10-9-20)12-15-5-3-2-4-6-15/h2-8,11H,9-10,12-13,20H2,1H3,(H,21,23). The summed E-state index contributed by atoms with van der Waals surface area (Å²) in [4.78, 5) is 14.3. The molecule has 0 spiro atoms. The maximum atomic E-state index is 12.3. The molecule has 2 aromatic rings. The van der Waals surface area contributed by atoms with E-state index in [1.54, 1.807) is 6.07 Å². The molecule has 4 nitrogen and oxygen atoms in total. The van der Waals surface area contributed by atoms with Gasteiger partial charge in [-0.2, -0.15) is 0 Å². The molecule has 0 heterocycles. The van der Waals surface area contributed by atoms with Gasteiger partial charge in [0, 0.05) is 30.3 Å². The second-order valence-electron chi connectivity index (χ2n) is 5.49. The number of benzene rings is 2. The molecule has 0 aliphatic carbocycles. The number of aryl methyl sites for hydroxylation is 1. The van der Waals surface area contributed by atoms with Gasteiger partial charge in [0.2, 0.25) is 5.91 Å². The molecule has 0 aliphatic heterocycles. The number of hydrogen-bond donors (Lipinski definition) is 2. The Morgan fingerprint density at radius 3 is 2.61 bits per heavy atom. The van der Waals surface area contributed by atoms with E-state index in [-0.39, 0.29) is 5.91 Å². The lowest BCUT2D eigenvalue weighted by Gasteiger charge is -2.21. The van der Waals surface area contributed by atoms with Crippen LogP contribution in [0, 0.1) is 6.92 Å². The SMILES string of the molecule is Cc1cc(Cl)ccc1NC(=O)CN(CCN)Cc1ccccc1. The number of nitrogens with one attached hydrogen (secondary N) is 1. The van der Waals surface area contributed by atoms with E-state index in [1.165, 1.54) is 0 Å². The quantitative estimate of drug-likeness (QED) is 0.819. The Morgan fingerprint density at radius 2 is 1.96 bits per heavy atom. The monoisotopic (exact) mass is 331 g/mol. The van der Waals surface area contributed by atoms with Gasteiger partial charge in [-0.05, 0) is 36.2 Å². The molecule has 3 N–H and O–H groups in total. The lowest BCUT2D eigenvalue weighted by atomic mass is 10.2. The largest absolute Gasteiger partial charge is 0.329 e. The van der Waals surface area contributed by atoms with Crippen LogP contribution in [0.1, 0.15) is 11.1 Å². The highest BCUT2D eigenvalue weighted by Crippen LogP contribution is 2.19. The van der Waals surface area contributed by atoms with Crippen LogP contribution in [0.5, 0.6) is 0 Å². The van der Waals surface area contributed by atoms with Crippen molar-refractivity contribution >= 4 is 23.2 Å². The summed E-state index contributed by atoms with van der Waals surface area (Å²) in [5, 5.41) is 3.59. The summed E-state index contributed by atoms with van der Waals surface area (Å²) in [7, 11) is 0. The highest BCUT2D eigenvalue weighted by Gasteiger charge is 2.12. The Kier molecular flexibility index (Phi) is 6.59. The van der Waals surface area contributed by atoms with E-state index >= 15 is 0 Å². The first-order valence-corrected chi connectivity index (χ1v) is 7.98. The minimum Gasteiger partial charge on any atom is -0.329 e. The molecular weight excluding hydrogens is 310 g/mol. The zero-order valence-corrected chi connectivity index (χ0v) is 14.0. The Hall–Kier alpha value is -1.88. The van der Waals surface area contributed by atoms with E-state index < -0.39 is 0 Å². The van der Waals surface area contributed by atoms with Gasteiger partial charge in [-0.3, -0.25) is 9.69 Å². The molecular formula is C18H22ClN3O. The zero-order chi connectivity index (χ0) is 16.7. The molecule has 0 unspecified atom stereocenters. The van der Waals surface area contributed by atoms with Crippen LogP contribution < -0.4 is 11.1 Å². The van der Waals surface area contributed by atoms with Gasteiger partial charge >= 0.3 is 0 Å². The zero-order valence-electron chi connectivity index (χ0n) is 13.3. The van der Waals surface area contributed by atoms with E-state index in [0.717, 1.165) is 16.8 Å². The van der Waals surface area contributed by atoms with Crippen molar-refractivity contribution in [2.24, 2.45) is 5.73 Å². The second kappa shape index (κ2) is 8.67. The lowest BCUT2D eigenvalue weighted by molar-refractivity contribution is -0.117. The highest BCUT2D eigenvalue weighted by molar-refractivity contribution is 6.30. The van der Waals surface area contributed by atoms with Gasteiger partial charge < -0.3 is 11.1 Å². The summed E-state index contributed by atoms with van der Waals surface area (Å²) in [6.07, 6.45) is 0. The van der Waals surface area contributed by atoms with Gasteiger partial charge in [0.15, 0.2) is 0 Å². The first-order valence-electron chi connectivity index (χ1n) is 7.61. The number of amides is 1. The molecule has 23 heavy (non-hydrogen) atoms. The number of carbonyl (C=O) groups excluding carboxylic acids is 1. The van der Waals surface area contributed by atoms with E-state index in [2.05, 4.69) is 5.32 Å². The molecule has 0 aromatic heterocycles. The maximum Gasteiger partial charge on any atom is 0.238 e. The Morgan fingerprint density at radius 1 is 1.22 bits per heavy atom. The fraction of sp³-hybridized carbons (Fsp3) is 0.278. The maximum absolute atomic E-state index is 12.3. The summed E-state index contributed by atoms with van der Waals surface area (Å²) in [5.74, 6) is -0.0557. The van der Waals surface area contributed by atoms with E-state index in [9.17, 15) is 4.79 Å². The minimum absolute atomic E-state index is 0.0557. The van der Waals surface area contributed by atoms with Crippen LogP contribution >= 0.6 is 11.6 Å². The van der Waals surface area contributed by atoms with Crippen molar-refractivity contribution in [3.8, 4) is 0 Å². The molecule has 2 rings (SSSR count). The normalized spacial score (nSPS) is 10.8. The molecule has 1 amide bonds. The summed E-state index contributed by atoms with van der Waals surface area (Å²) in [6.45, 7) is 4.10. The van der Waals surface area contributed by atoms with Crippen molar-refractivity contribution in [1.82, 2.24) is 4.90 Å². The van der Waals surface area contributed by atoms with Crippen LogP contribution in [0.3, 0.4) is 0 Å². The van der Waals surface area contributed by atoms with Gasteiger partial charge in [0.05, 0.1) is 6.54 Å². The van der Waals surface area contributed by atoms with Crippen LogP contribution in [0.25, 0.3) is 0 Å². The first-order chi connectivity index (χ1) is 11.1. The number of nitrogens with zero attached hydrogens (tertiary/aromatic N) is 1. The Labute approximate surface area is 142 Å². The Balaban J connectivity index is 1.97. The van der Waals surface area contributed by atoms with Crippen LogP contribution in [-0.4, -0.2) is 30.4 Å². The fourth-order valence-electron chi connectivity index (χ4n) is 2.40. The number of halogens is 1. The first kappa shape index (κ1) is 17.5. The van der Waals surface area contributed by atoms with Crippen molar-refractivity contribution in [2.45, 2.75) is 13.5 Å². The van der Waals surface area contributed by atoms with Gasteiger partial charge in [0.1, 0.15) is 0 Å². The smallest absolute Gasteiger partial charge is 0.238 e. The average molecular weight is 332 g/mol. The highest BCUT2D eigenvalue weighted by atomic mass is 35.5. The van der Waals surface area contributed by atoms with Crippen LogP contribution in [0.2, 0.25) is 5.02 Å². The molecule has 0 bridgehead atoms. The second-order valence-corrected chi connectivity index (χ2v) is 5.93. The van der Waals surface area contributed by atoms with Crippen molar-refractivity contribution < 1.29 is 4.79 Å². The van der Waals surface area contributed by atoms with E-state index in [4.69, 9.17) is 17.3 Å². The Bertz CT molecular complexity index is 646. The average Bonchev–Trinajstić information content (AvgIpc) is 2.51. The third-order valence-corrected chi connectivity index (χ3v) is 3.76. The molecule has 0 radical (unpaired) electrons. The molecule has 0 saturated heterocycles. The summed E-state index contributed by atoms with van der Waals surface area (Å²) >= 11 is 5.93. The van der Waals surface area contributed by atoms with E-state index in [1.807, 2.05) is 54.3 Å². The summed E-state index contributed by atoms with van der Waals surface area (Å²) in [6, 6.07) is 15.5. The van der Waals surface area contributed by atoms with Gasteiger partial charge in [-0.1, -0.05) is 41.9 Å². The molecule has 0 saturated carbocycles. The molecule has 5 heteroatoms. The van der Waals surface area contributed by atoms with Crippen LogP contribution in [0.4, 0.5) is 5.69 Å². The number of hydrogen-bond acceptors (Lipinski definition) is 3. The van der Waals surface area contributed by atoms with Gasteiger partial charge in [-0.15, -0.1) is 0 Å². The third-order valence-electron chi connectivity index (χ3n) is 3.52. The number of carbonyl (C=O) groups is 1. The van der Waals surface area contributed by atoms with Crippen LogP contribution in [-0.2, 0) is 11.3 Å². The molecule has 0 fully saturated rings. The van der Waals surface area contributed by atoms with Crippen molar-refractivity contribution in [2.75, 3.05) is 25.0 Å². The minimum atomic E-state index is -0.0557. The molecule has 2 aromatic carbocycles. The summed E-state index contributed by atoms with van der Waals surface area (Å²) in [5.41, 5.74) is 8.56. The number of anilines is 1. The predicted octanol–water partition coefficient (Wildman–Crippen LogP) is 3.05. The fourth-order valence-corrected chi connectivity index (χ4v) is 2.63. The molecule has 0 atom stereocenters.